The number of nitrogens with zero attached hydrogens (tertiary/aromatic N) is 2. The Morgan fingerprint density at radius 2 is 1.54 bits per heavy atom. The second kappa shape index (κ2) is 14.7. The van der Waals surface area contributed by atoms with Crippen LogP contribution in [0.15, 0.2) is 83.8 Å². The molecular weight excluding hydrogens is 538 g/mol. The molecule has 3 rings (SSSR count). The van der Waals surface area contributed by atoms with Gasteiger partial charge >= 0.3 is 0 Å². The molecule has 0 saturated heterocycles. The van der Waals surface area contributed by atoms with Gasteiger partial charge in [-0.15, -0.1) is 0 Å². The third-order valence-electron chi connectivity index (χ3n) is 6.98. The van der Waals surface area contributed by atoms with Crippen LogP contribution in [0.1, 0.15) is 45.2 Å². The zero-order valence-electron chi connectivity index (χ0n) is 24.5. The quantitative estimate of drug-likeness (QED) is 0.291. The van der Waals surface area contributed by atoms with Gasteiger partial charge in [-0.2, -0.15) is 0 Å². The van der Waals surface area contributed by atoms with Crippen molar-refractivity contribution in [2.75, 3.05) is 24.0 Å². The Kier molecular flexibility index (Phi) is 11.3. The lowest BCUT2D eigenvalue weighted by Gasteiger charge is -2.32. The summed E-state index contributed by atoms with van der Waals surface area (Å²) in [5.41, 5.74) is 2.33. The van der Waals surface area contributed by atoms with Gasteiger partial charge in [-0.25, -0.2) is 8.42 Å². The van der Waals surface area contributed by atoms with E-state index in [0.29, 0.717) is 24.5 Å². The molecular formula is C32H41N3O5S. The molecule has 0 aliphatic heterocycles. The molecule has 0 aromatic heterocycles. The first-order valence-electron chi connectivity index (χ1n) is 14.0. The minimum Gasteiger partial charge on any atom is -0.494 e. The maximum atomic E-state index is 14.0. The topological polar surface area (TPSA) is 96.0 Å². The lowest BCUT2D eigenvalue weighted by Crippen LogP contribution is -2.53. The zero-order chi connectivity index (χ0) is 30.0. The summed E-state index contributed by atoms with van der Waals surface area (Å²) in [6, 6.07) is 21.9. The van der Waals surface area contributed by atoms with Gasteiger partial charge in [0, 0.05) is 12.6 Å². The molecule has 9 heteroatoms. The molecule has 0 spiro atoms. The van der Waals surface area contributed by atoms with Crippen LogP contribution in [0.5, 0.6) is 5.75 Å². The van der Waals surface area contributed by atoms with Crippen LogP contribution in [-0.2, 0) is 26.0 Å². The molecule has 0 aliphatic rings. The van der Waals surface area contributed by atoms with Crippen LogP contribution in [-0.4, -0.2) is 56.9 Å². The van der Waals surface area contributed by atoms with Gasteiger partial charge in [0.15, 0.2) is 0 Å². The van der Waals surface area contributed by atoms with Gasteiger partial charge in [0.05, 0.1) is 17.2 Å². The van der Waals surface area contributed by atoms with E-state index in [1.807, 2.05) is 58.0 Å². The van der Waals surface area contributed by atoms with Crippen molar-refractivity contribution >= 4 is 27.5 Å². The Bertz CT molecular complexity index is 1380. The molecule has 2 unspecified atom stereocenters. The van der Waals surface area contributed by atoms with Gasteiger partial charge in [0.1, 0.15) is 18.3 Å². The second-order valence-electron chi connectivity index (χ2n) is 10.1. The van der Waals surface area contributed by atoms with E-state index in [1.165, 1.54) is 17.0 Å². The van der Waals surface area contributed by atoms with Crippen LogP contribution in [0.4, 0.5) is 5.69 Å². The minimum atomic E-state index is -4.13. The molecule has 0 fully saturated rings. The Morgan fingerprint density at radius 3 is 2.12 bits per heavy atom. The molecule has 8 nitrogen and oxygen atoms in total. The molecule has 0 heterocycles. The Hall–Kier alpha value is -3.85. The predicted octanol–water partition coefficient (Wildman–Crippen LogP) is 4.96. The summed E-state index contributed by atoms with van der Waals surface area (Å²) in [6.45, 7) is 9.56. The van der Waals surface area contributed by atoms with Crippen LogP contribution in [0, 0.1) is 6.92 Å². The van der Waals surface area contributed by atoms with E-state index in [9.17, 15) is 18.0 Å². The Morgan fingerprint density at radius 1 is 0.902 bits per heavy atom. The van der Waals surface area contributed by atoms with Crippen LogP contribution in [0.25, 0.3) is 0 Å². The maximum absolute atomic E-state index is 14.0. The van der Waals surface area contributed by atoms with Crippen molar-refractivity contribution in [3.63, 3.8) is 0 Å². The molecule has 0 aliphatic carbocycles. The number of carbonyl (C=O) groups excluding carboxylic acids is 2. The number of anilines is 1. The first-order valence-corrected chi connectivity index (χ1v) is 15.5. The third kappa shape index (κ3) is 8.57. The molecule has 0 bridgehead atoms. The van der Waals surface area contributed by atoms with Crippen LogP contribution >= 0.6 is 0 Å². The summed E-state index contributed by atoms with van der Waals surface area (Å²) in [6.07, 6.45) is 1.27. The molecule has 1 N–H and O–H groups in total. The largest absolute Gasteiger partial charge is 0.494 e. The summed E-state index contributed by atoms with van der Waals surface area (Å²) in [5.74, 6) is -0.197. The smallest absolute Gasteiger partial charge is 0.264 e. The average molecular weight is 580 g/mol. The highest BCUT2D eigenvalue weighted by atomic mass is 32.2. The van der Waals surface area contributed by atoms with E-state index >= 15 is 0 Å². The minimum absolute atomic E-state index is 0.0349. The van der Waals surface area contributed by atoms with Crippen molar-refractivity contribution in [2.45, 2.75) is 64.4 Å². The fourth-order valence-corrected chi connectivity index (χ4v) is 5.69. The molecule has 220 valence electrons. The van der Waals surface area contributed by atoms with E-state index in [4.69, 9.17) is 4.74 Å². The van der Waals surface area contributed by atoms with E-state index in [1.54, 1.807) is 43.3 Å². The number of hydrogen-bond acceptors (Lipinski definition) is 5. The van der Waals surface area contributed by atoms with Gasteiger partial charge in [-0.1, -0.05) is 55.0 Å². The third-order valence-corrected chi connectivity index (χ3v) is 8.76. The Balaban J connectivity index is 1.96. The summed E-state index contributed by atoms with van der Waals surface area (Å²) < 4.78 is 34.5. The number of ether oxygens (including phenoxy) is 1. The monoisotopic (exact) mass is 579 g/mol. The second-order valence-corrected chi connectivity index (χ2v) is 11.9. The molecule has 2 amide bonds. The summed E-state index contributed by atoms with van der Waals surface area (Å²) in [5, 5.41) is 2.95. The summed E-state index contributed by atoms with van der Waals surface area (Å²) in [4.78, 5) is 28.6. The molecule has 2 atom stereocenters. The van der Waals surface area contributed by atoms with Crippen molar-refractivity contribution in [3.8, 4) is 5.75 Å². The zero-order valence-corrected chi connectivity index (χ0v) is 25.4. The van der Waals surface area contributed by atoms with Gasteiger partial charge in [0.25, 0.3) is 10.0 Å². The lowest BCUT2D eigenvalue weighted by atomic mass is 10.1. The van der Waals surface area contributed by atoms with Crippen molar-refractivity contribution in [2.24, 2.45) is 0 Å². The van der Waals surface area contributed by atoms with Gasteiger partial charge < -0.3 is 15.0 Å². The predicted molar refractivity (Wildman–Crippen MR) is 163 cm³/mol. The van der Waals surface area contributed by atoms with Crippen molar-refractivity contribution in [1.29, 1.82) is 0 Å². The SMILES string of the molecule is CCOc1ccc(S(=O)(=O)N(CC(=O)N(CCc2ccccc2)C(C)C(=O)NC(C)CC)c2ccc(C)cc2)cc1. The van der Waals surface area contributed by atoms with E-state index in [-0.39, 0.29) is 23.4 Å². The lowest BCUT2D eigenvalue weighted by molar-refractivity contribution is -0.139. The number of amides is 2. The van der Waals surface area contributed by atoms with Crippen LogP contribution in [0.3, 0.4) is 0 Å². The highest BCUT2D eigenvalue weighted by Crippen LogP contribution is 2.26. The van der Waals surface area contributed by atoms with Crippen molar-refractivity contribution < 1.29 is 22.7 Å². The van der Waals surface area contributed by atoms with Crippen molar-refractivity contribution in [3.05, 3.63) is 90.0 Å². The number of nitrogens with one attached hydrogen (secondary N) is 1. The van der Waals surface area contributed by atoms with Gasteiger partial charge in [0.2, 0.25) is 11.8 Å². The van der Waals surface area contributed by atoms with Crippen LogP contribution < -0.4 is 14.4 Å². The molecule has 3 aromatic rings. The summed E-state index contributed by atoms with van der Waals surface area (Å²) >= 11 is 0. The fraction of sp³-hybridized carbons (Fsp3) is 0.375. The summed E-state index contributed by atoms with van der Waals surface area (Å²) in [7, 11) is -4.13. The normalized spacial score (nSPS) is 12.7. The number of hydrogen-bond donors (Lipinski definition) is 1. The number of aryl methyl sites for hydroxylation is 1. The highest BCUT2D eigenvalue weighted by molar-refractivity contribution is 7.92. The highest BCUT2D eigenvalue weighted by Gasteiger charge is 2.32. The Labute approximate surface area is 244 Å². The first kappa shape index (κ1) is 31.7. The number of rotatable bonds is 14. The first-order chi connectivity index (χ1) is 19.6. The number of sulfonamides is 1. The van der Waals surface area contributed by atoms with Gasteiger partial charge in [-0.3, -0.25) is 13.9 Å². The van der Waals surface area contributed by atoms with E-state index < -0.39 is 28.5 Å². The maximum Gasteiger partial charge on any atom is 0.264 e. The van der Waals surface area contributed by atoms with E-state index in [0.717, 1.165) is 21.9 Å². The molecule has 3 aromatic carbocycles. The van der Waals surface area contributed by atoms with Crippen molar-refractivity contribution in [1.82, 2.24) is 10.2 Å². The molecule has 0 radical (unpaired) electrons. The molecule has 0 saturated carbocycles. The molecule has 41 heavy (non-hydrogen) atoms. The van der Waals surface area contributed by atoms with Gasteiger partial charge in [-0.05, 0) is 82.5 Å². The number of benzene rings is 3. The van der Waals surface area contributed by atoms with E-state index in [2.05, 4.69) is 5.32 Å². The van der Waals surface area contributed by atoms with Crippen LogP contribution in [0.2, 0.25) is 0 Å². The number of carbonyl (C=O) groups is 2. The standard InChI is InChI=1S/C32H41N3O5S/c1-6-25(4)33-32(37)26(5)34(22-21-27-11-9-8-10-12-27)31(36)23-35(28-15-13-24(3)14-16-28)41(38,39)30-19-17-29(18-20-30)40-7-2/h8-20,25-26H,6-7,21-23H2,1-5H3,(H,33,37). The fourth-order valence-electron chi connectivity index (χ4n) is 4.28. The average Bonchev–Trinajstić information content (AvgIpc) is 2.97.